The van der Waals surface area contributed by atoms with E-state index in [2.05, 4.69) is 12.3 Å². The molecule has 4 rings (SSSR count). The Morgan fingerprint density at radius 1 is 0.974 bits per heavy atom. The van der Waals surface area contributed by atoms with E-state index in [0.717, 1.165) is 19.3 Å². The molecule has 2 aliphatic rings. The van der Waals surface area contributed by atoms with Crippen LogP contribution in [0.4, 0.5) is 17.1 Å². The summed E-state index contributed by atoms with van der Waals surface area (Å²) >= 11 is 0. The van der Waals surface area contributed by atoms with E-state index in [0.29, 0.717) is 29.8 Å². The van der Waals surface area contributed by atoms with Gasteiger partial charge in [0.05, 0.1) is 22.8 Å². The molecule has 3 atom stereocenters. The van der Waals surface area contributed by atoms with Crippen molar-refractivity contribution in [2.24, 2.45) is 0 Å². The minimum absolute atomic E-state index is 0.0477. The van der Waals surface area contributed by atoms with E-state index in [1.807, 2.05) is 6.07 Å². The lowest BCUT2D eigenvalue weighted by atomic mass is 9.92. The first-order chi connectivity index (χ1) is 18.9. The van der Waals surface area contributed by atoms with E-state index >= 15 is 0 Å². The number of imide groups is 1. The molecular formula is C30H38N4O5. The third-order valence-electron chi connectivity index (χ3n) is 7.56. The van der Waals surface area contributed by atoms with Crippen LogP contribution in [0.2, 0.25) is 0 Å². The fourth-order valence-electron chi connectivity index (χ4n) is 5.42. The van der Waals surface area contributed by atoms with Crippen LogP contribution in [0.15, 0.2) is 66.2 Å². The number of anilines is 2. The highest BCUT2D eigenvalue weighted by molar-refractivity contribution is 6.31. The van der Waals surface area contributed by atoms with Gasteiger partial charge in [-0.15, -0.1) is 0 Å². The van der Waals surface area contributed by atoms with Gasteiger partial charge in [0.2, 0.25) is 0 Å². The summed E-state index contributed by atoms with van der Waals surface area (Å²) in [7, 11) is 0. The molecule has 2 amide bonds. The van der Waals surface area contributed by atoms with Crippen LogP contribution in [0.1, 0.15) is 71.1 Å². The number of nitro groups is 1. The summed E-state index contributed by atoms with van der Waals surface area (Å²) in [6.07, 6.45) is 11.3. The third-order valence-corrected chi connectivity index (χ3v) is 7.56. The largest absolute Gasteiger partial charge is 0.391 e. The molecule has 0 saturated carbocycles. The van der Waals surface area contributed by atoms with Crippen molar-refractivity contribution in [1.29, 1.82) is 0 Å². The number of nitrogens with one attached hydrogen (secondary N) is 1. The number of aliphatic hydroxyl groups is 1. The number of amides is 2. The van der Waals surface area contributed by atoms with Gasteiger partial charge in [-0.3, -0.25) is 19.7 Å². The first kappa shape index (κ1) is 28.4. The van der Waals surface area contributed by atoms with Crippen molar-refractivity contribution in [3.8, 4) is 0 Å². The number of para-hydroxylation sites is 1. The average Bonchev–Trinajstić information content (AvgIpc) is 3.20. The van der Waals surface area contributed by atoms with E-state index < -0.39 is 29.0 Å². The van der Waals surface area contributed by atoms with Crippen LogP contribution in [-0.2, 0) is 9.59 Å². The number of carbonyl (C=O) groups is 2. The number of fused-ring (bicyclic) bond motifs is 1. The van der Waals surface area contributed by atoms with Gasteiger partial charge in [0.25, 0.3) is 17.5 Å². The molecule has 2 aliphatic heterocycles. The molecule has 0 bridgehead atoms. The number of carbonyl (C=O) groups excluding carboxylic acids is 2. The summed E-state index contributed by atoms with van der Waals surface area (Å²) in [5.74, 6) is -0.765. The molecule has 2 aromatic rings. The monoisotopic (exact) mass is 534 g/mol. The molecule has 0 aliphatic carbocycles. The molecule has 208 valence electrons. The smallest absolute Gasteiger partial charge is 0.269 e. The van der Waals surface area contributed by atoms with Crippen molar-refractivity contribution in [3.05, 3.63) is 76.4 Å². The number of rotatable bonds is 14. The number of aliphatic hydroxyl groups excluding tert-OH is 1. The molecular weight excluding hydrogens is 496 g/mol. The molecule has 9 nitrogen and oxygen atoms in total. The molecule has 0 spiro atoms. The van der Waals surface area contributed by atoms with E-state index in [9.17, 15) is 24.8 Å². The molecule has 1 saturated heterocycles. The summed E-state index contributed by atoms with van der Waals surface area (Å²) in [6.45, 7) is 2.21. The first-order valence-corrected chi connectivity index (χ1v) is 14.0. The van der Waals surface area contributed by atoms with Crippen LogP contribution < -0.4 is 10.3 Å². The lowest BCUT2D eigenvalue weighted by Gasteiger charge is -2.40. The van der Waals surface area contributed by atoms with Gasteiger partial charge in [0, 0.05) is 23.4 Å². The van der Waals surface area contributed by atoms with Gasteiger partial charge in [0.15, 0.2) is 0 Å². The Hall–Kier alpha value is -3.56. The second-order valence-corrected chi connectivity index (χ2v) is 10.3. The van der Waals surface area contributed by atoms with Gasteiger partial charge in [-0.2, -0.15) is 0 Å². The van der Waals surface area contributed by atoms with Gasteiger partial charge in [-0.1, -0.05) is 82.6 Å². The van der Waals surface area contributed by atoms with Crippen molar-refractivity contribution in [1.82, 2.24) is 5.01 Å². The second kappa shape index (κ2) is 13.5. The standard InChI is InChI=1S/C30H38N4O5/c1-2-3-4-5-6-7-8-12-15-27(35)26-21-20-25-28(30(37)32(29(25)36)23-13-10-9-11-14-23)33(26)31-22-16-18-24(19-17-22)34(38)39/h9-11,13-14,16-20,26-28,31,35H,2-8,12,15,21H2,1H3/t26-,27-,28+/m1/s1. The fourth-order valence-corrected chi connectivity index (χ4v) is 5.42. The Morgan fingerprint density at radius 3 is 2.26 bits per heavy atom. The highest BCUT2D eigenvalue weighted by Crippen LogP contribution is 2.36. The number of nitrogens with zero attached hydrogens (tertiary/aromatic N) is 3. The molecule has 0 radical (unpaired) electrons. The number of non-ortho nitro benzene ring substituents is 1. The van der Waals surface area contributed by atoms with Crippen molar-refractivity contribution < 1.29 is 19.6 Å². The Bertz CT molecular complexity index is 1170. The fraction of sp³-hybridized carbons (Fsp3) is 0.467. The number of nitro benzene ring substituents is 1. The van der Waals surface area contributed by atoms with E-state index in [4.69, 9.17) is 0 Å². The van der Waals surface area contributed by atoms with Crippen LogP contribution in [0.3, 0.4) is 0 Å². The maximum atomic E-state index is 13.7. The number of unbranched alkanes of at least 4 members (excludes halogenated alkanes) is 7. The third kappa shape index (κ3) is 6.72. The molecule has 2 N–H and O–H groups in total. The minimum atomic E-state index is -0.917. The Balaban J connectivity index is 1.50. The highest BCUT2D eigenvalue weighted by atomic mass is 16.6. The summed E-state index contributed by atoms with van der Waals surface area (Å²) in [5, 5.41) is 24.0. The number of benzene rings is 2. The zero-order valence-corrected chi connectivity index (χ0v) is 22.5. The summed E-state index contributed by atoms with van der Waals surface area (Å²) in [6, 6.07) is 13.3. The van der Waals surface area contributed by atoms with Crippen LogP contribution >= 0.6 is 0 Å². The normalized spacial score (nSPS) is 20.1. The number of hydrazine groups is 1. The van der Waals surface area contributed by atoms with Gasteiger partial charge in [0.1, 0.15) is 6.04 Å². The van der Waals surface area contributed by atoms with Crippen molar-refractivity contribution >= 4 is 28.9 Å². The molecule has 0 aromatic heterocycles. The van der Waals surface area contributed by atoms with E-state index in [1.54, 1.807) is 47.5 Å². The molecule has 2 aromatic carbocycles. The molecule has 39 heavy (non-hydrogen) atoms. The summed E-state index contributed by atoms with van der Waals surface area (Å²) in [4.78, 5) is 38.8. The molecule has 9 heteroatoms. The zero-order chi connectivity index (χ0) is 27.8. The Morgan fingerprint density at radius 2 is 1.62 bits per heavy atom. The average molecular weight is 535 g/mol. The predicted molar refractivity (Wildman–Crippen MR) is 151 cm³/mol. The summed E-state index contributed by atoms with van der Waals surface area (Å²) in [5.41, 5.74) is 4.56. The molecule has 0 unspecified atom stereocenters. The maximum Gasteiger partial charge on any atom is 0.269 e. The van der Waals surface area contributed by atoms with Crippen LogP contribution in [0, 0.1) is 10.1 Å². The zero-order valence-electron chi connectivity index (χ0n) is 22.5. The van der Waals surface area contributed by atoms with Gasteiger partial charge in [-0.25, -0.2) is 9.91 Å². The highest BCUT2D eigenvalue weighted by Gasteiger charge is 2.51. The lowest BCUT2D eigenvalue weighted by molar-refractivity contribution is -0.384. The first-order valence-electron chi connectivity index (χ1n) is 14.0. The maximum absolute atomic E-state index is 13.7. The quantitative estimate of drug-likeness (QED) is 0.137. The summed E-state index contributed by atoms with van der Waals surface area (Å²) < 4.78 is 0. The number of hydrogen-bond acceptors (Lipinski definition) is 7. The Kier molecular flexibility index (Phi) is 9.84. The topological polar surface area (TPSA) is 116 Å². The minimum Gasteiger partial charge on any atom is -0.391 e. The SMILES string of the molecule is CCCCCCCCCC[C@@H](O)[C@H]1CC=C2C(=O)N(c3ccccc3)C(=O)[C@H]2N1Nc1ccc([N+](=O)[O-])cc1. The number of hydrogen-bond donors (Lipinski definition) is 2. The Labute approximate surface area is 229 Å². The van der Waals surface area contributed by atoms with E-state index in [-0.39, 0.29) is 11.6 Å². The van der Waals surface area contributed by atoms with Crippen LogP contribution in [0.5, 0.6) is 0 Å². The van der Waals surface area contributed by atoms with Gasteiger partial charge >= 0.3 is 0 Å². The lowest BCUT2D eigenvalue weighted by Crippen LogP contribution is -2.56. The van der Waals surface area contributed by atoms with Crippen molar-refractivity contribution in [2.75, 3.05) is 10.3 Å². The van der Waals surface area contributed by atoms with Crippen molar-refractivity contribution in [3.63, 3.8) is 0 Å². The molecule has 1 fully saturated rings. The van der Waals surface area contributed by atoms with Gasteiger partial charge < -0.3 is 10.5 Å². The van der Waals surface area contributed by atoms with E-state index in [1.165, 1.54) is 49.1 Å². The van der Waals surface area contributed by atoms with Gasteiger partial charge in [-0.05, 0) is 37.1 Å². The van der Waals surface area contributed by atoms with Crippen LogP contribution in [-0.4, -0.2) is 45.0 Å². The molecule has 2 heterocycles. The van der Waals surface area contributed by atoms with Crippen LogP contribution in [0.25, 0.3) is 0 Å². The second-order valence-electron chi connectivity index (χ2n) is 10.3. The predicted octanol–water partition coefficient (Wildman–Crippen LogP) is 5.76. The van der Waals surface area contributed by atoms with Crippen molar-refractivity contribution in [2.45, 2.75) is 89.3 Å².